The lowest BCUT2D eigenvalue weighted by Gasteiger charge is -2.25. The maximum atomic E-state index is 11.9. The van der Waals surface area contributed by atoms with Crippen molar-refractivity contribution in [3.8, 4) is 0 Å². The van der Waals surface area contributed by atoms with Crippen LogP contribution in [0.2, 0.25) is 0 Å². The van der Waals surface area contributed by atoms with Gasteiger partial charge in [0.1, 0.15) is 0 Å². The molecule has 1 aromatic rings. The molecule has 3 nitrogen and oxygen atoms in total. The van der Waals surface area contributed by atoms with Crippen molar-refractivity contribution >= 4 is 23.4 Å². The third-order valence-corrected chi connectivity index (χ3v) is 3.28. The first-order chi connectivity index (χ1) is 7.84. The van der Waals surface area contributed by atoms with E-state index in [4.69, 9.17) is 5.73 Å². The number of anilines is 1. The minimum atomic E-state index is -0.513. The number of amides is 1. The Hall–Kier alpha value is -1.00. The topological polar surface area (TPSA) is 55.1 Å². The Morgan fingerprint density at radius 2 is 2.06 bits per heavy atom. The van der Waals surface area contributed by atoms with Gasteiger partial charge in [-0.1, -0.05) is 26.8 Å². The van der Waals surface area contributed by atoms with Gasteiger partial charge in [-0.25, -0.2) is 0 Å². The quantitative estimate of drug-likeness (QED) is 0.813. The highest BCUT2D eigenvalue weighted by Gasteiger charge is 2.27. The molecule has 0 saturated carbocycles. The van der Waals surface area contributed by atoms with E-state index in [2.05, 4.69) is 5.32 Å². The minimum absolute atomic E-state index is 0.143. The molecule has 0 aromatic heterocycles. The number of nitrogens with two attached hydrogens (primary N) is 1. The lowest BCUT2D eigenvalue weighted by atomic mass is 9.87. The lowest BCUT2D eigenvalue weighted by Crippen LogP contribution is -2.45. The molecule has 94 valence electrons. The van der Waals surface area contributed by atoms with Crippen molar-refractivity contribution < 1.29 is 4.79 Å². The van der Waals surface area contributed by atoms with Gasteiger partial charge in [-0.3, -0.25) is 4.79 Å². The van der Waals surface area contributed by atoms with Crippen LogP contribution in [0.25, 0.3) is 0 Å². The van der Waals surface area contributed by atoms with E-state index < -0.39 is 6.04 Å². The smallest absolute Gasteiger partial charge is 0.241 e. The van der Waals surface area contributed by atoms with E-state index in [1.54, 1.807) is 11.8 Å². The molecule has 0 unspecified atom stereocenters. The predicted molar refractivity (Wildman–Crippen MR) is 74.3 cm³/mol. The number of thioether (sulfide) groups is 1. The molecule has 1 amide bonds. The molecule has 0 aliphatic heterocycles. The van der Waals surface area contributed by atoms with E-state index in [0.717, 1.165) is 10.6 Å². The lowest BCUT2D eigenvalue weighted by molar-refractivity contribution is -0.119. The van der Waals surface area contributed by atoms with Gasteiger partial charge < -0.3 is 11.1 Å². The normalized spacial score (nSPS) is 13.2. The SMILES string of the molecule is CSc1cccc(NC(=O)[C@H](N)C(C)(C)C)c1. The molecule has 17 heavy (non-hydrogen) atoms. The van der Waals surface area contributed by atoms with E-state index in [0.29, 0.717) is 0 Å². The summed E-state index contributed by atoms with van der Waals surface area (Å²) in [6.07, 6.45) is 2.00. The van der Waals surface area contributed by atoms with Crippen LogP contribution in [0, 0.1) is 5.41 Å². The molecular weight excluding hydrogens is 232 g/mol. The fraction of sp³-hybridized carbons (Fsp3) is 0.462. The van der Waals surface area contributed by atoms with Crippen LogP contribution < -0.4 is 11.1 Å². The summed E-state index contributed by atoms with van der Waals surface area (Å²) in [5.41, 5.74) is 6.45. The Balaban J connectivity index is 2.74. The second-order valence-electron chi connectivity index (χ2n) is 5.06. The van der Waals surface area contributed by atoms with Gasteiger partial charge >= 0.3 is 0 Å². The Morgan fingerprint density at radius 3 is 2.59 bits per heavy atom. The maximum Gasteiger partial charge on any atom is 0.241 e. The highest BCUT2D eigenvalue weighted by atomic mass is 32.2. The molecule has 0 fully saturated rings. The number of hydrogen-bond donors (Lipinski definition) is 2. The summed E-state index contributed by atoms with van der Waals surface area (Å²) >= 11 is 1.64. The fourth-order valence-corrected chi connectivity index (χ4v) is 1.77. The van der Waals surface area contributed by atoms with Crippen LogP contribution in [0.15, 0.2) is 29.2 Å². The monoisotopic (exact) mass is 252 g/mol. The Bertz CT molecular complexity index is 399. The van der Waals surface area contributed by atoms with Gasteiger partial charge in [0.2, 0.25) is 5.91 Å². The van der Waals surface area contributed by atoms with Crippen molar-refractivity contribution in [1.29, 1.82) is 0 Å². The van der Waals surface area contributed by atoms with E-state index in [1.807, 2.05) is 51.3 Å². The molecule has 0 heterocycles. The summed E-state index contributed by atoms with van der Waals surface area (Å²) in [5, 5.41) is 2.85. The molecule has 4 heteroatoms. The number of hydrogen-bond acceptors (Lipinski definition) is 3. The van der Waals surface area contributed by atoms with Crippen LogP contribution in [0.5, 0.6) is 0 Å². The second kappa shape index (κ2) is 5.56. The predicted octanol–water partition coefficient (Wildman–Crippen LogP) is 2.72. The summed E-state index contributed by atoms with van der Waals surface area (Å²) in [4.78, 5) is 13.0. The zero-order chi connectivity index (χ0) is 13.1. The van der Waals surface area contributed by atoms with Crippen molar-refractivity contribution in [3.63, 3.8) is 0 Å². The summed E-state index contributed by atoms with van der Waals surface area (Å²) < 4.78 is 0. The first kappa shape index (κ1) is 14.1. The zero-order valence-corrected chi connectivity index (χ0v) is 11.6. The minimum Gasteiger partial charge on any atom is -0.325 e. The Morgan fingerprint density at radius 1 is 1.41 bits per heavy atom. The standard InChI is InChI=1S/C13H20N2OS/c1-13(2,3)11(14)12(16)15-9-6-5-7-10(8-9)17-4/h5-8,11H,14H2,1-4H3,(H,15,16)/t11-/m0/s1. The van der Waals surface area contributed by atoms with E-state index in [-0.39, 0.29) is 11.3 Å². The first-order valence-corrected chi connectivity index (χ1v) is 6.77. The molecule has 1 rings (SSSR count). The number of benzene rings is 1. The molecule has 0 spiro atoms. The van der Waals surface area contributed by atoms with Crippen LogP contribution in [-0.2, 0) is 4.79 Å². The summed E-state index contributed by atoms with van der Waals surface area (Å²) in [6.45, 7) is 5.86. The molecule has 0 radical (unpaired) electrons. The number of nitrogens with one attached hydrogen (secondary N) is 1. The summed E-state index contributed by atoms with van der Waals surface area (Å²) in [7, 11) is 0. The Kier molecular flexibility index (Phi) is 4.60. The maximum absolute atomic E-state index is 11.9. The molecule has 0 aliphatic carbocycles. The van der Waals surface area contributed by atoms with Gasteiger partial charge in [0.25, 0.3) is 0 Å². The van der Waals surface area contributed by atoms with Gasteiger partial charge in [-0.05, 0) is 29.9 Å². The molecule has 3 N–H and O–H groups in total. The summed E-state index contributed by atoms with van der Waals surface area (Å²) in [6, 6.07) is 7.22. The fourth-order valence-electron chi connectivity index (χ4n) is 1.31. The van der Waals surface area contributed by atoms with Crippen LogP contribution in [0.4, 0.5) is 5.69 Å². The average Bonchev–Trinajstić information content (AvgIpc) is 2.27. The van der Waals surface area contributed by atoms with E-state index >= 15 is 0 Å². The molecule has 0 saturated heterocycles. The highest BCUT2D eigenvalue weighted by molar-refractivity contribution is 7.98. The van der Waals surface area contributed by atoms with Crippen LogP contribution in [-0.4, -0.2) is 18.2 Å². The van der Waals surface area contributed by atoms with Crippen molar-refractivity contribution in [2.45, 2.75) is 31.7 Å². The van der Waals surface area contributed by atoms with Gasteiger partial charge in [0, 0.05) is 10.6 Å². The van der Waals surface area contributed by atoms with Gasteiger partial charge in [-0.2, -0.15) is 0 Å². The summed E-state index contributed by atoms with van der Waals surface area (Å²) in [5.74, 6) is -0.143. The average molecular weight is 252 g/mol. The van der Waals surface area contributed by atoms with Crippen molar-refractivity contribution in [2.24, 2.45) is 11.1 Å². The van der Waals surface area contributed by atoms with Crippen molar-refractivity contribution in [3.05, 3.63) is 24.3 Å². The van der Waals surface area contributed by atoms with Crippen LogP contribution in [0.3, 0.4) is 0 Å². The van der Waals surface area contributed by atoms with Gasteiger partial charge in [-0.15, -0.1) is 11.8 Å². The highest BCUT2D eigenvalue weighted by Crippen LogP contribution is 2.21. The molecule has 0 bridgehead atoms. The van der Waals surface area contributed by atoms with Crippen molar-refractivity contribution in [2.75, 3.05) is 11.6 Å². The first-order valence-electron chi connectivity index (χ1n) is 5.55. The van der Waals surface area contributed by atoms with E-state index in [9.17, 15) is 4.79 Å². The third-order valence-electron chi connectivity index (χ3n) is 2.55. The third kappa shape index (κ3) is 4.06. The number of carbonyl (C=O) groups excluding carboxylic acids is 1. The molecular formula is C13H20N2OS. The number of rotatable bonds is 3. The zero-order valence-electron chi connectivity index (χ0n) is 10.8. The molecule has 1 aromatic carbocycles. The molecule has 0 aliphatic rings. The van der Waals surface area contributed by atoms with Crippen LogP contribution in [0.1, 0.15) is 20.8 Å². The van der Waals surface area contributed by atoms with Crippen LogP contribution >= 0.6 is 11.8 Å². The van der Waals surface area contributed by atoms with Gasteiger partial charge in [0.15, 0.2) is 0 Å². The Labute approximate surface area is 107 Å². The van der Waals surface area contributed by atoms with Gasteiger partial charge in [0.05, 0.1) is 6.04 Å². The molecule has 1 atom stereocenters. The largest absolute Gasteiger partial charge is 0.325 e. The second-order valence-corrected chi connectivity index (χ2v) is 5.94. The van der Waals surface area contributed by atoms with Crippen molar-refractivity contribution in [1.82, 2.24) is 0 Å². The van der Waals surface area contributed by atoms with E-state index in [1.165, 1.54) is 0 Å². The number of carbonyl (C=O) groups is 1.